The number of benzene rings is 1. The molecule has 0 saturated heterocycles. The first-order valence-corrected chi connectivity index (χ1v) is 6.10. The summed E-state index contributed by atoms with van der Waals surface area (Å²) in [6.45, 7) is 0.509. The minimum absolute atomic E-state index is 0.341. The van der Waals surface area contributed by atoms with Gasteiger partial charge in [0.1, 0.15) is 5.15 Å². The molecule has 1 aromatic heterocycles. The molecule has 98 valence electrons. The third-order valence-corrected chi connectivity index (χ3v) is 2.86. The first-order valence-electron chi connectivity index (χ1n) is 5.72. The summed E-state index contributed by atoms with van der Waals surface area (Å²) in [5.41, 5.74) is 2.26. The smallest absolute Gasteiger partial charge is 0.338 e. The van der Waals surface area contributed by atoms with Crippen LogP contribution >= 0.6 is 11.6 Å². The lowest BCUT2D eigenvalue weighted by atomic mass is 10.1. The fraction of sp³-hybridized carbons (Fsp3) is 0.143. The zero-order chi connectivity index (χ0) is 13.7. The van der Waals surface area contributed by atoms with Gasteiger partial charge in [-0.1, -0.05) is 29.8 Å². The van der Waals surface area contributed by atoms with Crippen molar-refractivity contribution in [3.8, 4) is 0 Å². The molecule has 19 heavy (non-hydrogen) atoms. The van der Waals surface area contributed by atoms with Crippen LogP contribution in [0.4, 0.5) is 5.69 Å². The molecule has 1 N–H and O–H groups in total. The Morgan fingerprint density at radius 3 is 2.79 bits per heavy atom. The van der Waals surface area contributed by atoms with Crippen molar-refractivity contribution in [2.75, 3.05) is 12.4 Å². The number of methoxy groups -OCH3 is 1. The molecule has 1 aromatic carbocycles. The summed E-state index contributed by atoms with van der Waals surface area (Å²) in [6.07, 6.45) is 1.64. The standard InChI is InChI=1S/C14H13ClN2O2/c1-19-14(18)12-5-3-2-4-10(12)8-16-11-6-7-13(15)17-9-11/h2-7,9,16H,8H2,1H3. The van der Waals surface area contributed by atoms with Gasteiger partial charge >= 0.3 is 5.97 Å². The van der Waals surface area contributed by atoms with Gasteiger partial charge in [-0.3, -0.25) is 0 Å². The van der Waals surface area contributed by atoms with Crippen LogP contribution in [0.15, 0.2) is 42.6 Å². The number of rotatable bonds is 4. The van der Waals surface area contributed by atoms with Gasteiger partial charge in [0.15, 0.2) is 0 Å². The predicted octanol–water partition coefficient (Wildman–Crippen LogP) is 3.13. The van der Waals surface area contributed by atoms with E-state index in [1.807, 2.05) is 18.2 Å². The molecule has 0 aliphatic heterocycles. The molecule has 0 spiro atoms. The molecule has 2 aromatic rings. The van der Waals surface area contributed by atoms with Gasteiger partial charge in [0.2, 0.25) is 0 Å². The Morgan fingerprint density at radius 2 is 2.11 bits per heavy atom. The second-order valence-corrected chi connectivity index (χ2v) is 4.26. The summed E-state index contributed by atoms with van der Waals surface area (Å²) in [7, 11) is 1.37. The molecule has 1 heterocycles. The van der Waals surface area contributed by atoms with E-state index in [1.54, 1.807) is 24.4 Å². The molecule has 0 fully saturated rings. The van der Waals surface area contributed by atoms with Gasteiger partial charge < -0.3 is 10.1 Å². The lowest BCUT2D eigenvalue weighted by Gasteiger charge is -2.09. The van der Waals surface area contributed by atoms with Crippen LogP contribution in [-0.2, 0) is 11.3 Å². The Morgan fingerprint density at radius 1 is 1.32 bits per heavy atom. The molecule has 0 atom stereocenters. The van der Waals surface area contributed by atoms with Gasteiger partial charge in [0.25, 0.3) is 0 Å². The highest BCUT2D eigenvalue weighted by Crippen LogP contribution is 2.14. The minimum Gasteiger partial charge on any atom is -0.465 e. The summed E-state index contributed by atoms with van der Waals surface area (Å²) in [4.78, 5) is 15.6. The highest BCUT2D eigenvalue weighted by atomic mass is 35.5. The van der Waals surface area contributed by atoms with Crippen molar-refractivity contribution in [3.63, 3.8) is 0 Å². The zero-order valence-electron chi connectivity index (χ0n) is 10.4. The number of ether oxygens (including phenoxy) is 1. The Balaban J connectivity index is 2.11. The highest BCUT2D eigenvalue weighted by Gasteiger charge is 2.10. The third kappa shape index (κ3) is 3.45. The van der Waals surface area contributed by atoms with Crippen molar-refractivity contribution in [1.82, 2.24) is 4.98 Å². The molecule has 0 unspecified atom stereocenters. The van der Waals surface area contributed by atoms with Crippen LogP contribution in [-0.4, -0.2) is 18.1 Å². The molecular formula is C14H13ClN2O2. The molecule has 0 bridgehead atoms. The number of nitrogens with zero attached hydrogens (tertiary/aromatic N) is 1. The maximum Gasteiger partial charge on any atom is 0.338 e. The third-order valence-electron chi connectivity index (χ3n) is 2.63. The fourth-order valence-corrected chi connectivity index (χ4v) is 1.77. The van der Waals surface area contributed by atoms with Crippen molar-refractivity contribution in [2.45, 2.75) is 6.54 Å². The molecule has 0 radical (unpaired) electrons. The number of aromatic nitrogens is 1. The average Bonchev–Trinajstić information content (AvgIpc) is 2.46. The molecule has 4 nitrogen and oxygen atoms in total. The van der Waals surface area contributed by atoms with Crippen LogP contribution in [0, 0.1) is 0 Å². The Kier molecular flexibility index (Phi) is 4.36. The quantitative estimate of drug-likeness (QED) is 0.688. The van der Waals surface area contributed by atoms with E-state index >= 15 is 0 Å². The maximum absolute atomic E-state index is 11.6. The first kappa shape index (κ1) is 13.4. The Bertz CT molecular complexity index is 570. The number of carbonyl (C=O) groups excluding carboxylic acids is 1. The van der Waals surface area contributed by atoms with E-state index in [1.165, 1.54) is 7.11 Å². The van der Waals surface area contributed by atoms with Crippen molar-refractivity contribution in [1.29, 1.82) is 0 Å². The number of carbonyl (C=O) groups is 1. The first-order chi connectivity index (χ1) is 9.20. The largest absolute Gasteiger partial charge is 0.465 e. The van der Waals surface area contributed by atoms with Crippen LogP contribution in [0.5, 0.6) is 0 Å². The Hall–Kier alpha value is -2.07. The fourth-order valence-electron chi connectivity index (χ4n) is 1.66. The lowest BCUT2D eigenvalue weighted by molar-refractivity contribution is 0.0599. The van der Waals surface area contributed by atoms with Crippen LogP contribution in [0.2, 0.25) is 5.15 Å². The molecule has 0 aliphatic rings. The van der Waals surface area contributed by atoms with Crippen molar-refractivity contribution in [2.24, 2.45) is 0 Å². The topological polar surface area (TPSA) is 51.2 Å². The number of anilines is 1. The number of esters is 1. The number of hydrogen-bond acceptors (Lipinski definition) is 4. The van der Waals surface area contributed by atoms with E-state index in [0.29, 0.717) is 17.3 Å². The zero-order valence-corrected chi connectivity index (χ0v) is 11.1. The van der Waals surface area contributed by atoms with Gasteiger partial charge in [0, 0.05) is 6.54 Å². The summed E-state index contributed by atoms with van der Waals surface area (Å²) >= 11 is 5.71. The van der Waals surface area contributed by atoms with Gasteiger partial charge in [-0.15, -0.1) is 0 Å². The molecule has 0 aliphatic carbocycles. The monoisotopic (exact) mass is 276 g/mol. The molecule has 2 rings (SSSR count). The lowest BCUT2D eigenvalue weighted by Crippen LogP contribution is -2.09. The van der Waals surface area contributed by atoms with Crippen molar-refractivity contribution < 1.29 is 9.53 Å². The summed E-state index contributed by atoms with van der Waals surface area (Å²) in [6, 6.07) is 10.8. The van der Waals surface area contributed by atoms with E-state index in [9.17, 15) is 4.79 Å². The molecule has 5 heteroatoms. The molecule has 0 saturated carbocycles. The van der Waals surface area contributed by atoms with Gasteiger partial charge in [-0.25, -0.2) is 9.78 Å². The van der Waals surface area contributed by atoms with Crippen LogP contribution in [0.3, 0.4) is 0 Å². The maximum atomic E-state index is 11.6. The number of nitrogens with one attached hydrogen (secondary N) is 1. The van der Waals surface area contributed by atoms with Crippen molar-refractivity contribution in [3.05, 3.63) is 58.9 Å². The highest BCUT2D eigenvalue weighted by molar-refractivity contribution is 6.29. The van der Waals surface area contributed by atoms with E-state index in [2.05, 4.69) is 10.3 Å². The van der Waals surface area contributed by atoms with Crippen LogP contribution < -0.4 is 5.32 Å². The van der Waals surface area contributed by atoms with Gasteiger partial charge in [0.05, 0.1) is 24.6 Å². The number of hydrogen-bond donors (Lipinski definition) is 1. The van der Waals surface area contributed by atoms with Crippen LogP contribution in [0.25, 0.3) is 0 Å². The van der Waals surface area contributed by atoms with E-state index < -0.39 is 0 Å². The second-order valence-electron chi connectivity index (χ2n) is 3.87. The van der Waals surface area contributed by atoms with Gasteiger partial charge in [-0.05, 0) is 23.8 Å². The van der Waals surface area contributed by atoms with Crippen molar-refractivity contribution >= 4 is 23.3 Å². The summed E-state index contributed by atoms with van der Waals surface area (Å²) in [5.74, 6) is -0.341. The van der Waals surface area contributed by atoms with E-state index in [4.69, 9.17) is 16.3 Å². The molecular weight excluding hydrogens is 264 g/mol. The number of pyridine rings is 1. The summed E-state index contributed by atoms with van der Waals surface area (Å²) < 4.78 is 4.75. The minimum atomic E-state index is -0.341. The van der Waals surface area contributed by atoms with E-state index in [-0.39, 0.29) is 5.97 Å². The van der Waals surface area contributed by atoms with E-state index in [0.717, 1.165) is 11.3 Å². The summed E-state index contributed by atoms with van der Waals surface area (Å²) in [5, 5.41) is 3.62. The second kappa shape index (κ2) is 6.20. The SMILES string of the molecule is COC(=O)c1ccccc1CNc1ccc(Cl)nc1. The average molecular weight is 277 g/mol. The normalized spacial score (nSPS) is 10.0. The Labute approximate surface area is 116 Å². The number of halogens is 1. The molecule has 0 amide bonds. The van der Waals surface area contributed by atoms with Crippen LogP contribution in [0.1, 0.15) is 15.9 Å². The van der Waals surface area contributed by atoms with Gasteiger partial charge in [-0.2, -0.15) is 0 Å². The predicted molar refractivity (Wildman–Crippen MR) is 74.4 cm³/mol.